The molecule has 13 nitrogen and oxygen atoms in total. The first-order valence-corrected chi connectivity index (χ1v) is 18.1. The summed E-state index contributed by atoms with van der Waals surface area (Å²) in [6.07, 6.45) is 4.18. The van der Waals surface area contributed by atoms with E-state index < -0.39 is 35.6 Å². The summed E-state index contributed by atoms with van der Waals surface area (Å²) >= 11 is 0. The summed E-state index contributed by atoms with van der Waals surface area (Å²) in [5.74, 6) is -1.71. The van der Waals surface area contributed by atoms with Crippen LogP contribution in [0.25, 0.3) is 21.8 Å². The van der Waals surface area contributed by atoms with Crippen molar-refractivity contribution in [1.82, 2.24) is 44.7 Å². The summed E-state index contributed by atoms with van der Waals surface area (Å²) in [5, 5.41) is 15.8. The van der Waals surface area contributed by atoms with Crippen molar-refractivity contribution in [3.8, 4) is 0 Å². The Morgan fingerprint density at radius 1 is 1.04 bits per heavy atom. The summed E-state index contributed by atoms with van der Waals surface area (Å²) < 4.78 is 58.7. The first-order chi connectivity index (χ1) is 25.9. The van der Waals surface area contributed by atoms with E-state index in [-0.39, 0.29) is 36.0 Å². The Hall–Kier alpha value is -5.32. The first-order valence-electron chi connectivity index (χ1n) is 18.1. The number of rotatable bonds is 7. The molecule has 2 aliphatic heterocycles. The van der Waals surface area contributed by atoms with Gasteiger partial charge in [-0.1, -0.05) is 18.2 Å². The lowest BCUT2D eigenvalue weighted by atomic mass is 9.83. The van der Waals surface area contributed by atoms with E-state index in [0.717, 1.165) is 66.8 Å². The number of nitrogens with one attached hydrogen (secondary N) is 2. The lowest BCUT2D eigenvalue weighted by Crippen LogP contribution is -2.43. The van der Waals surface area contributed by atoms with Gasteiger partial charge < -0.3 is 10.2 Å². The zero-order valence-corrected chi connectivity index (χ0v) is 29.4. The average molecular weight is 747 g/mol. The molecule has 5 aromatic rings. The number of aryl methyl sites for hydroxylation is 1. The highest BCUT2D eigenvalue weighted by Gasteiger charge is 2.37. The fourth-order valence-electron chi connectivity index (χ4n) is 8.34. The molecule has 1 aromatic carbocycles. The van der Waals surface area contributed by atoms with Crippen molar-refractivity contribution in [2.75, 3.05) is 25.0 Å². The highest BCUT2D eigenvalue weighted by atomic mass is 19.4. The van der Waals surface area contributed by atoms with Gasteiger partial charge >= 0.3 is 6.18 Å². The third-order valence-corrected chi connectivity index (χ3v) is 11.0. The number of likely N-dealkylation sites (tertiary alicyclic amines) is 1. The van der Waals surface area contributed by atoms with Gasteiger partial charge in [0.1, 0.15) is 23.2 Å². The number of aromatic nitrogens is 7. The van der Waals surface area contributed by atoms with Gasteiger partial charge in [0.2, 0.25) is 11.8 Å². The van der Waals surface area contributed by atoms with Gasteiger partial charge in [-0.2, -0.15) is 23.4 Å². The first kappa shape index (κ1) is 35.7. The zero-order chi connectivity index (χ0) is 37.7. The van der Waals surface area contributed by atoms with Crippen LogP contribution in [0.5, 0.6) is 0 Å². The van der Waals surface area contributed by atoms with E-state index >= 15 is 4.39 Å². The van der Waals surface area contributed by atoms with Crippen LogP contribution in [0.2, 0.25) is 0 Å². The summed E-state index contributed by atoms with van der Waals surface area (Å²) in [5.41, 5.74) is 1.25. The van der Waals surface area contributed by atoms with Gasteiger partial charge in [0, 0.05) is 49.4 Å². The number of alkyl halides is 4. The van der Waals surface area contributed by atoms with Crippen molar-refractivity contribution in [1.29, 1.82) is 0 Å². The molecule has 2 saturated heterocycles. The second-order valence-electron chi connectivity index (χ2n) is 14.6. The van der Waals surface area contributed by atoms with Gasteiger partial charge in [0.25, 0.3) is 5.91 Å². The van der Waals surface area contributed by atoms with Crippen LogP contribution in [0, 0.1) is 5.92 Å². The van der Waals surface area contributed by atoms with Crippen molar-refractivity contribution in [3.63, 3.8) is 0 Å². The number of carbonyl (C=O) groups is 3. The van der Waals surface area contributed by atoms with E-state index in [9.17, 15) is 27.6 Å². The molecule has 0 bridgehead atoms. The minimum absolute atomic E-state index is 0.152. The molecule has 1 unspecified atom stereocenters. The number of fused-ring (bicyclic) bond motifs is 2. The molecule has 54 heavy (non-hydrogen) atoms. The standard InChI is InChI=1S/C37H38F4N10O3/c1-49-34-24(3-2-4-25(34)33(48-49)26-9-10-32(52)46-35(26)53)23-11-12-50(19-27(23)38)17-20-5-7-22(8-6-20)51-18-21-13-31(43-15-28(21)47-51)45-36(54)29-14-42-16-30(44-29)37(39,40)41/h2-4,13-16,18,20,22-23,26-27H,5-12,17,19H2,1H3,(H,45,54)(H,46,52,53)/t20?,22?,23-,26?,27+/m0/s1. The second-order valence-corrected chi connectivity index (χ2v) is 14.6. The van der Waals surface area contributed by atoms with Crippen molar-refractivity contribution in [2.45, 2.75) is 75.2 Å². The number of benzene rings is 1. The largest absolute Gasteiger partial charge is 0.434 e. The molecule has 3 aliphatic rings. The van der Waals surface area contributed by atoms with Gasteiger partial charge in [-0.25, -0.2) is 14.4 Å². The van der Waals surface area contributed by atoms with Crippen LogP contribution in [0.1, 0.15) is 90.3 Å². The molecule has 1 aliphatic carbocycles. The van der Waals surface area contributed by atoms with Crippen LogP contribution < -0.4 is 10.6 Å². The van der Waals surface area contributed by atoms with Crippen molar-refractivity contribution in [3.05, 3.63) is 71.7 Å². The summed E-state index contributed by atoms with van der Waals surface area (Å²) in [6, 6.07) is 7.58. The Balaban J connectivity index is 0.862. The number of imide groups is 1. The minimum Gasteiger partial charge on any atom is -0.305 e. The van der Waals surface area contributed by atoms with Crippen LogP contribution in [0.4, 0.5) is 23.4 Å². The molecule has 2 N–H and O–H groups in total. The van der Waals surface area contributed by atoms with E-state index in [1.165, 1.54) is 6.20 Å². The maximum atomic E-state index is 16.0. The maximum absolute atomic E-state index is 16.0. The highest BCUT2D eigenvalue weighted by molar-refractivity contribution is 6.03. The summed E-state index contributed by atoms with van der Waals surface area (Å²) in [6.45, 7) is 1.94. The Morgan fingerprint density at radius 2 is 1.85 bits per heavy atom. The lowest BCUT2D eigenvalue weighted by molar-refractivity contribution is -0.141. The van der Waals surface area contributed by atoms with Crippen molar-refractivity contribution < 1.29 is 31.9 Å². The number of hydrogen-bond acceptors (Lipinski definition) is 9. The molecule has 6 heterocycles. The SMILES string of the molecule is Cn1nc(C2CCC(=O)NC2=O)c2cccc([C@@H]3CCN(CC4CCC(n5cc6cc(NC(=O)c7cncc(C(F)(F)F)n7)ncc6n5)CC4)C[C@H]3F)c21. The summed E-state index contributed by atoms with van der Waals surface area (Å²) in [7, 11) is 1.82. The van der Waals surface area contributed by atoms with Crippen LogP contribution in [0.3, 0.4) is 0 Å². The Morgan fingerprint density at radius 3 is 2.61 bits per heavy atom. The molecule has 4 aromatic heterocycles. The molecule has 1 saturated carbocycles. The average Bonchev–Trinajstić information content (AvgIpc) is 3.72. The van der Waals surface area contributed by atoms with Gasteiger partial charge in [-0.05, 0) is 62.6 Å². The summed E-state index contributed by atoms with van der Waals surface area (Å²) in [4.78, 5) is 50.3. The molecule has 282 valence electrons. The Labute approximate surface area is 306 Å². The third kappa shape index (κ3) is 7.03. The zero-order valence-electron chi connectivity index (χ0n) is 29.4. The van der Waals surface area contributed by atoms with Crippen LogP contribution >= 0.6 is 0 Å². The number of pyridine rings is 1. The number of anilines is 1. The van der Waals surface area contributed by atoms with E-state index in [4.69, 9.17) is 5.10 Å². The second kappa shape index (κ2) is 14.2. The number of hydrogen-bond donors (Lipinski definition) is 2. The predicted molar refractivity (Wildman–Crippen MR) is 188 cm³/mol. The molecule has 3 fully saturated rings. The Kier molecular flexibility index (Phi) is 9.36. The van der Waals surface area contributed by atoms with Gasteiger partial charge in [-0.15, -0.1) is 0 Å². The van der Waals surface area contributed by atoms with Crippen LogP contribution in [0.15, 0.2) is 49.1 Å². The van der Waals surface area contributed by atoms with Gasteiger partial charge in [-0.3, -0.25) is 34.0 Å². The van der Waals surface area contributed by atoms with Crippen LogP contribution in [-0.4, -0.2) is 82.9 Å². The third-order valence-electron chi connectivity index (χ3n) is 11.0. The number of piperidine rings is 2. The molecule has 17 heteroatoms. The minimum atomic E-state index is -4.73. The normalized spacial score (nSPS) is 24.2. The molecular formula is C37H38F4N10O3. The number of carbonyl (C=O) groups excluding carboxylic acids is 3. The topological polar surface area (TPSA) is 153 Å². The van der Waals surface area contributed by atoms with Crippen molar-refractivity contribution in [2.24, 2.45) is 13.0 Å². The monoisotopic (exact) mass is 746 g/mol. The predicted octanol–water partition coefficient (Wildman–Crippen LogP) is 5.46. The number of nitrogens with zero attached hydrogens (tertiary/aromatic N) is 8. The number of halogens is 4. The maximum Gasteiger partial charge on any atom is 0.434 e. The molecular weight excluding hydrogens is 708 g/mol. The molecule has 8 rings (SSSR count). The number of amides is 3. The smallest absolute Gasteiger partial charge is 0.305 e. The Bertz CT molecular complexity index is 2250. The van der Waals surface area contributed by atoms with E-state index in [2.05, 4.69) is 35.6 Å². The molecule has 3 amide bonds. The highest BCUT2D eigenvalue weighted by Crippen LogP contribution is 2.39. The molecule has 0 radical (unpaired) electrons. The van der Waals surface area contributed by atoms with Gasteiger partial charge in [0.15, 0.2) is 5.69 Å². The number of para-hydroxylation sites is 1. The van der Waals surface area contributed by atoms with Gasteiger partial charge in [0.05, 0.1) is 41.8 Å². The van der Waals surface area contributed by atoms with E-state index in [0.29, 0.717) is 42.7 Å². The van der Waals surface area contributed by atoms with E-state index in [1.807, 2.05) is 36.1 Å². The van der Waals surface area contributed by atoms with E-state index in [1.54, 1.807) is 10.7 Å². The van der Waals surface area contributed by atoms with Crippen molar-refractivity contribution >= 4 is 45.3 Å². The molecule has 0 spiro atoms. The fraction of sp³-hybridized carbons (Fsp3) is 0.459. The quantitative estimate of drug-likeness (QED) is 0.163. The fourth-order valence-corrected chi connectivity index (χ4v) is 8.34. The van der Waals surface area contributed by atoms with Crippen LogP contribution in [-0.2, 0) is 22.8 Å². The molecule has 3 atom stereocenters. The lowest BCUT2D eigenvalue weighted by Gasteiger charge is -2.38.